The molecule has 0 unspecified atom stereocenters. The van der Waals surface area contributed by atoms with Crippen LogP contribution in [0, 0.1) is 0 Å². The number of rotatable bonds is 6. The van der Waals surface area contributed by atoms with Crippen LogP contribution in [0.2, 0.25) is 0 Å². The number of pyridine rings is 1. The Morgan fingerprint density at radius 1 is 0.923 bits per heavy atom. The quantitative estimate of drug-likeness (QED) is 0.659. The zero-order valence-electron chi connectivity index (χ0n) is 15.2. The summed E-state index contributed by atoms with van der Waals surface area (Å²) in [4.78, 5) is 21.0. The van der Waals surface area contributed by atoms with Crippen LogP contribution in [-0.2, 0) is 6.54 Å². The van der Waals surface area contributed by atoms with Gasteiger partial charge in [-0.3, -0.25) is 9.78 Å². The number of amides is 1. The molecule has 1 amide bonds. The van der Waals surface area contributed by atoms with E-state index in [0.29, 0.717) is 12.1 Å². The third kappa shape index (κ3) is 4.09. The molecule has 26 heavy (non-hydrogen) atoms. The van der Waals surface area contributed by atoms with Gasteiger partial charge >= 0.3 is 0 Å². The Bertz CT molecular complexity index is 850. The summed E-state index contributed by atoms with van der Waals surface area (Å²) in [6.07, 6.45) is 3.43. The topological polar surface area (TPSA) is 36.4 Å². The molecule has 0 fully saturated rings. The highest BCUT2D eigenvalue weighted by atomic mass is 16.2. The molecule has 3 aromatic rings. The summed E-state index contributed by atoms with van der Waals surface area (Å²) in [5.74, 6) is -0.0349. The third-order valence-corrected chi connectivity index (χ3v) is 4.28. The molecule has 0 aliphatic carbocycles. The molecule has 4 heteroatoms. The van der Waals surface area contributed by atoms with Crippen molar-refractivity contribution < 1.29 is 4.79 Å². The van der Waals surface area contributed by atoms with Crippen LogP contribution in [0.25, 0.3) is 0 Å². The SMILES string of the molecule is CCN(c1ccccc1)c1cncc(C(=O)N(C)Cc2ccccc2)c1. The smallest absolute Gasteiger partial charge is 0.255 e. The van der Waals surface area contributed by atoms with E-state index in [4.69, 9.17) is 0 Å². The first-order valence-corrected chi connectivity index (χ1v) is 8.76. The lowest BCUT2D eigenvalue weighted by molar-refractivity contribution is 0.0784. The number of aromatic nitrogens is 1. The van der Waals surface area contributed by atoms with Crippen molar-refractivity contribution in [3.05, 3.63) is 90.3 Å². The highest BCUT2D eigenvalue weighted by Gasteiger charge is 2.15. The molecule has 132 valence electrons. The summed E-state index contributed by atoms with van der Waals surface area (Å²) in [5.41, 5.74) is 3.69. The van der Waals surface area contributed by atoms with Crippen LogP contribution in [-0.4, -0.2) is 29.4 Å². The summed E-state index contributed by atoms with van der Waals surface area (Å²) >= 11 is 0. The molecule has 3 rings (SSSR count). The summed E-state index contributed by atoms with van der Waals surface area (Å²) in [6, 6.07) is 22.0. The molecule has 2 aromatic carbocycles. The number of carbonyl (C=O) groups is 1. The lowest BCUT2D eigenvalue weighted by Gasteiger charge is -2.24. The van der Waals surface area contributed by atoms with Gasteiger partial charge in [0, 0.05) is 32.0 Å². The minimum Gasteiger partial charge on any atom is -0.340 e. The Kier molecular flexibility index (Phi) is 5.64. The van der Waals surface area contributed by atoms with Crippen molar-refractivity contribution in [2.75, 3.05) is 18.5 Å². The average Bonchev–Trinajstić information content (AvgIpc) is 2.70. The summed E-state index contributed by atoms with van der Waals surface area (Å²) < 4.78 is 0. The first-order chi connectivity index (χ1) is 12.7. The third-order valence-electron chi connectivity index (χ3n) is 4.28. The predicted molar refractivity (Wildman–Crippen MR) is 106 cm³/mol. The van der Waals surface area contributed by atoms with Crippen LogP contribution in [0.15, 0.2) is 79.1 Å². The lowest BCUT2D eigenvalue weighted by Crippen LogP contribution is -2.26. The molecule has 0 spiro atoms. The average molecular weight is 345 g/mol. The van der Waals surface area contributed by atoms with Crippen molar-refractivity contribution in [1.82, 2.24) is 9.88 Å². The second kappa shape index (κ2) is 8.30. The van der Waals surface area contributed by atoms with Gasteiger partial charge in [0.1, 0.15) is 0 Å². The number of para-hydroxylation sites is 1. The molecule has 0 saturated carbocycles. The molecule has 0 saturated heterocycles. The molecule has 0 N–H and O–H groups in total. The molecule has 0 bridgehead atoms. The first-order valence-electron chi connectivity index (χ1n) is 8.76. The fourth-order valence-corrected chi connectivity index (χ4v) is 2.96. The fraction of sp³-hybridized carbons (Fsp3) is 0.182. The molecule has 1 aromatic heterocycles. The maximum Gasteiger partial charge on any atom is 0.255 e. The van der Waals surface area contributed by atoms with Gasteiger partial charge in [0.15, 0.2) is 0 Å². The fourth-order valence-electron chi connectivity index (χ4n) is 2.96. The Hall–Kier alpha value is -3.14. The van der Waals surface area contributed by atoms with Crippen LogP contribution in [0.4, 0.5) is 11.4 Å². The number of hydrogen-bond donors (Lipinski definition) is 0. The Morgan fingerprint density at radius 3 is 2.23 bits per heavy atom. The van der Waals surface area contributed by atoms with Crippen molar-refractivity contribution in [2.45, 2.75) is 13.5 Å². The van der Waals surface area contributed by atoms with Crippen molar-refractivity contribution in [2.24, 2.45) is 0 Å². The zero-order chi connectivity index (χ0) is 18.4. The second-order valence-electron chi connectivity index (χ2n) is 6.16. The van der Waals surface area contributed by atoms with Crippen LogP contribution in [0.5, 0.6) is 0 Å². The summed E-state index contributed by atoms with van der Waals surface area (Å²) in [5, 5.41) is 0. The van der Waals surface area contributed by atoms with E-state index in [9.17, 15) is 4.79 Å². The van der Waals surface area contributed by atoms with E-state index in [-0.39, 0.29) is 5.91 Å². The van der Waals surface area contributed by atoms with Crippen LogP contribution >= 0.6 is 0 Å². The maximum absolute atomic E-state index is 12.8. The van der Waals surface area contributed by atoms with E-state index in [1.165, 1.54) is 0 Å². The first kappa shape index (κ1) is 17.7. The van der Waals surface area contributed by atoms with Crippen molar-refractivity contribution in [3.63, 3.8) is 0 Å². The van der Waals surface area contributed by atoms with E-state index in [2.05, 4.69) is 28.9 Å². The van der Waals surface area contributed by atoms with E-state index in [1.54, 1.807) is 17.3 Å². The van der Waals surface area contributed by atoms with E-state index >= 15 is 0 Å². The highest BCUT2D eigenvalue weighted by Crippen LogP contribution is 2.25. The Morgan fingerprint density at radius 2 is 1.58 bits per heavy atom. The molecule has 0 aliphatic rings. The largest absolute Gasteiger partial charge is 0.340 e. The van der Waals surface area contributed by atoms with Gasteiger partial charge < -0.3 is 9.80 Å². The second-order valence-corrected chi connectivity index (χ2v) is 6.16. The van der Waals surface area contributed by atoms with Crippen molar-refractivity contribution in [1.29, 1.82) is 0 Å². The van der Waals surface area contributed by atoms with Gasteiger partial charge in [-0.2, -0.15) is 0 Å². The van der Waals surface area contributed by atoms with Gasteiger partial charge in [-0.05, 0) is 30.7 Å². The number of hydrogen-bond acceptors (Lipinski definition) is 3. The van der Waals surface area contributed by atoms with E-state index in [0.717, 1.165) is 23.5 Å². The molecule has 4 nitrogen and oxygen atoms in total. The van der Waals surface area contributed by atoms with Crippen molar-refractivity contribution in [3.8, 4) is 0 Å². The zero-order valence-corrected chi connectivity index (χ0v) is 15.2. The standard InChI is InChI=1S/C22H23N3O/c1-3-25(20-12-8-5-9-13-20)21-14-19(15-23-16-21)22(26)24(2)17-18-10-6-4-7-11-18/h4-16H,3,17H2,1-2H3. The highest BCUT2D eigenvalue weighted by molar-refractivity contribution is 5.94. The molecule has 1 heterocycles. The minimum absolute atomic E-state index is 0.0349. The Labute approximate surface area is 154 Å². The number of carbonyl (C=O) groups excluding carboxylic acids is 1. The molecule has 0 aliphatic heterocycles. The maximum atomic E-state index is 12.8. The van der Waals surface area contributed by atoms with E-state index < -0.39 is 0 Å². The predicted octanol–water partition coefficient (Wildman–Crippen LogP) is 4.51. The summed E-state index contributed by atoms with van der Waals surface area (Å²) in [7, 11) is 1.82. The summed E-state index contributed by atoms with van der Waals surface area (Å²) in [6.45, 7) is 3.45. The Balaban J connectivity index is 1.81. The number of nitrogens with zero attached hydrogens (tertiary/aromatic N) is 3. The van der Waals surface area contributed by atoms with Gasteiger partial charge in [-0.1, -0.05) is 48.5 Å². The van der Waals surface area contributed by atoms with Crippen LogP contribution in [0.3, 0.4) is 0 Å². The van der Waals surface area contributed by atoms with Gasteiger partial charge in [0.2, 0.25) is 0 Å². The van der Waals surface area contributed by atoms with Gasteiger partial charge in [0.25, 0.3) is 5.91 Å². The molecule has 0 radical (unpaired) electrons. The number of benzene rings is 2. The normalized spacial score (nSPS) is 10.4. The molecule has 0 atom stereocenters. The van der Waals surface area contributed by atoms with E-state index in [1.807, 2.05) is 61.6 Å². The van der Waals surface area contributed by atoms with Gasteiger partial charge in [-0.15, -0.1) is 0 Å². The van der Waals surface area contributed by atoms with Gasteiger partial charge in [0.05, 0.1) is 17.4 Å². The lowest BCUT2D eigenvalue weighted by atomic mass is 10.2. The molecular weight excluding hydrogens is 322 g/mol. The van der Waals surface area contributed by atoms with Crippen LogP contribution < -0.4 is 4.90 Å². The van der Waals surface area contributed by atoms with Crippen LogP contribution in [0.1, 0.15) is 22.8 Å². The van der Waals surface area contributed by atoms with Gasteiger partial charge in [-0.25, -0.2) is 0 Å². The molecular formula is C22H23N3O. The number of anilines is 2. The monoisotopic (exact) mass is 345 g/mol. The minimum atomic E-state index is -0.0349. The van der Waals surface area contributed by atoms with Crippen molar-refractivity contribution >= 4 is 17.3 Å².